The van der Waals surface area contributed by atoms with Crippen LogP contribution in [0.5, 0.6) is 11.5 Å². The molecule has 2 aromatic carbocycles. The standard InChI is InChI=1S/C18H15N3O7S/c1-2-27-17-9-12(8-13(11-19)18(20)22)6-7-16(17)28-29(25,26)15-5-3-4-14(10-15)21(23)24/h3-10H,2H2,1H3,(H2,20,22)/b13-8+. The number of hydrogen-bond donors (Lipinski definition) is 1. The zero-order valence-electron chi connectivity index (χ0n) is 15.1. The number of carbonyl (C=O) groups excluding carboxylic acids is 1. The molecule has 2 rings (SSSR count). The maximum atomic E-state index is 12.5. The molecule has 0 atom stereocenters. The molecule has 0 heterocycles. The quantitative estimate of drug-likeness (QED) is 0.224. The van der Waals surface area contributed by atoms with Gasteiger partial charge in [0.2, 0.25) is 0 Å². The third-order valence-corrected chi connectivity index (χ3v) is 4.71. The van der Waals surface area contributed by atoms with Crippen LogP contribution in [-0.2, 0) is 14.9 Å². The van der Waals surface area contributed by atoms with Gasteiger partial charge in [0, 0.05) is 12.1 Å². The van der Waals surface area contributed by atoms with Gasteiger partial charge in [-0.2, -0.15) is 13.7 Å². The highest BCUT2D eigenvalue weighted by atomic mass is 32.2. The highest BCUT2D eigenvalue weighted by molar-refractivity contribution is 7.87. The van der Waals surface area contributed by atoms with Crippen LogP contribution in [0.2, 0.25) is 0 Å². The van der Waals surface area contributed by atoms with Crippen LogP contribution < -0.4 is 14.7 Å². The number of carbonyl (C=O) groups is 1. The van der Waals surface area contributed by atoms with Crippen LogP contribution in [0.3, 0.4) is 0 Å². The van der Waals surface area contributed by atoms with Gasteiger partial charge in [-0.3, -0.25) is 14.9 Å². The van der Waals surface area contributed by atoms with E-state index in [0.29, 0.717) is 5.56 Å². The Balaban J connectivity index is 2.44. The van der Waals surface area contributed by atoms with Gasteiger partial charge >= 0.3 is 10.1 Å². The molecular formula is C18H15N3O7S. The van der Waals surface area contributed by atoms with Crippen molar-refractivity contribution in [2.75, 3.05) is 6.61 Å². The smallest absolute Gasteiger partial charge is 0.339 e. The third-order valence-electron chi connectivity index (χ3n) is 3.48. The van der Waals surface area contributed by atoms with E-state index in [1.807, 2.05) is 0 Å². The number of non-ortho nitro benzene ring substituents is 1. The monoisotopic (exact) mass is 417 g/mol. The summed E-state index contributed by atoms with van der Waals surface area (Å²) in [4.78, 5) is 20.9. The molecular weight excluding hydrogens is 402 g/mol. The minimum Gasteiger partial charge on any atom is -0.490 e. The fourth-order valence-electron chi connectivity index (χ4n) is 2.20. The second kappa shape index (κ2) is 8.85. The Kier molecular flexibility index (Phi) is 6.53. The number of nitrogens with two attached hydrogens (primary N) is 1. The molecule has 11 heteroatoms. The molecule has 2 N–H and O–H groups in total. The molecule has 2 aromatic rings. The Hall–Kier alpha value is -3.91. The molecule has 150 valence electrons. The van der Waals surface area contributed by atoms with E-state index in [-0.39, 0.29) is 23.7 Å². The second-order valence-corrected chi connectivity index (χ2v) is 7.01. The number of primary amides is 1. The summed E-state index contributed by atoms with van der Waals surface area (Å²) in [6, 6.07) is 10.1. The molecule has 0 unspecified atom stereocenters. The summed E-state index contributed by atoms with van der Waals surface area (Å²) < 4.78 is 35.5. The molecule has 10 nitrogen and oxygen atoms in total. The second-order valence-electron chi connectivity index (χ2n) is 5.47. The predicted octanol–water partition coefficient (Wildman–Crippen LogP) is 2.15. The SMILES string of the molecule is CCOc1cc(/C=C(\C#N)C(N)=O)ccc1OS(=O)(=O)c1cccc([N+](=O)[O-])c1. The Labute approximate surface area is 166 Å². The topological polar surface area (TPSA) is 163 Å². The normalized spacial score (nSPS) is 11.4. The van der Waals surface area contributed by atoms with Crippen molar-refractivity contribution in [3.8, 4) is 17.6 Å². The molecule has 1 amide bonds. The van der Waals surface area contributed by atoms with Crippen LogP contribution in [0, 0.1) is 21.4 Å². The first kappa shape index (κ1) is 21.4. The first-order valence-electron chi connectivity index (χ1n) is 8.05. The van der Waals surface area contributed by atoms with E-state index >= 15 is 0 Å². The summed E-state index contributed by atoms with van der Waals surface area (Å²) in [6.45, 7) is 1.83. The van der Waals surface area contributed by atoms with Crippen molar-refractivity contribution in [2.45, 2.75) is 11.8 Å². The highest BCUT2D eigenvalue weighted by Crippen LogP contribution is 2.32. The summed E-state index contributed by atoms with van der Waals surface area (Å²) in [5.74, 6) is -1.07. The van der Waals surface area contributed by atoms with Gasteiger partial charge in [-0.05, 0) is 36.8 Å². The molecule has 0 aromatic heterocycles. The number of benzene rings is 2. The van der Waals surface area contributed by atoms with Gasteiger partial charge in [-0.15, -0.1) is 0 Å². The van der Waals surface area contributed by atoms with Crippen molar-refractivity contribution in [3.05, 3.63) is 63.7 Å². The van der Waals surface area contributed by atoms with Gasteiger partial charge in [0.15, 0.2) is 11.5 Å². The molecule has 0 aliphatic heterocycles. The number of nitro benzene ring substituents is 1. The minimum absolute atomic E-state index is 0.0250. The Morgan fingerprint density at radius 2 is 2.00 bits per heavy atom. The van der Waals surface area contributed by atoms with Crippen molar-refractivity contribution in [1.82, 2.24) is 0 Å². The van der Waals surface area contributed by atoms with Crippen LogP contribution >= 0.6 is 0 Å². The van der Waals surface area contributed by atoms with Crippen molar-refractivity contribution >= 4 is 27.8 Å². The lowest BCUT2D eigenvalue weighted by Crippen LogP contribution is -2.12. The number of hydrogen-bond acceptors (Lipinski definition) is 8. The van der Waals surface area contributed by atoms with Crippen molar-refractivity contribution < 1.29 is 27.1 Å². The fraction of sp³-hybridized carbons (Fsp3) is 0.111. The summed E-state index contributed by atoms with van der Waals surface area (Å²) in [5.41, 5.74) is 4.73. The molecule has 0 aliphatic rings. The Bertz CT molecular complexity index is 1130. The number of amides is 1. The van der Waals surface area contributed by atoms with Crippen LogP contribution in [-0.4, -0.2) is 25.9 Å². The zero-order valence-corrected chi connectivity index (χ0v) is 15.9. The van der Waals surface area contributed by atoms with Crippen LogP contribution in [0.25, 0.3) is 6.08 Å². The van der Waals surface area contributed by atoms with Gasteiger partial charge in [-0.25, -0.2) is 0 Å². The van der Waals surface area contributed by atoms with Crippen molar-refractivity contribution in [2.24, 2.45) is 5.73 Å². The number of nitriles is 1. The maximum Gasteiger partial charge on any atom is 0.339 e. The molecule has 29 heavy (non-hydrogen) atoms. The van der Waals surface area contributed by atoms with E-state index < -0.39 is 31.5 Å². The summed E-state index contributed by atoms with van der Waals surface area (Å²) in [6.07, 6.45) is 1.21. The van der Waals surface area contributed by atoms with E-state index in [4.69, 9.17) is 19.9 Å². The van der Waals surface area contributed by atoms with Gasteiger partial charge in [0.1, 0.15) is 16.5 Å². The number of nitro groups is 1. The summed E-state index contributed by atoms with van der Waals surface area (Å²) >= 11 is 0. The Morgan fingerprint density at radius 3 is 2.59 bits per heavy atom. The first-order valence-corrected chi connectivity index (χ1v) is 9.46. The largest absolute Gasteiger partial charge is 0.490 e. The predicted molar refractivity (Wildman–Crippen MR) is 101 cm³/mol. The van der Waals surface area contributed by atoms with Gasteiger partial charge < -0.3 is 14.7 Å². The lowest BCUT2D eigenvalue weighted by Gasteiger charge is -2.12. The van der Waals surface area contributed by atoms with Crippen molar-refractivity contribution in [3.63, 3.8) is 0 Å². The molecule has 0 bridgehead atoms. The average molecular weight is 417 g/mol. The molecule has 0 spiro atoms. The Morgan fingerprint density at radius 1 is 1.28 bits per heavy atom. The van der Waals surface area contributed by atoms with Crippen LogP contribution in [0.4, 0.5) is 5.69 Å². The molecule has 0 radical (unpaired) electrons. The maximum absolute atomic E-state index is 12.5. The minimum atomic E-state index is -4.39. The van der Waals surface area contributed by atoms with Crippen LogP contribution in [0.15, 0.2) is 52.9 Å². The molecule has 0 saturated carbocycles. The number of ether oxygens (including phenoxy) is 1. The lowest BCUT2D eigenvalue weighted by molar-refractivity contribution is -0.385. The highest BCUT2D eigenvalue weighted by Gasteiger charge is 2.22. The number of nitrogens with zero attached hydrogens (tertiary/aromatic N) is 2. The third kappa shape index (κ3) is 5.30. The van der Waals surface area contributed by atoms with E-state index in [1.54, 1.807) is 13.0 Å². The van der Waals surface area contributed by atoms with Gasteiger partial charge in [0.05, 0.1) is 11.5 Å². The van der Waals surface area contributed by atoms with Gasteiger partial charge in [-0.1, -0.05) is 12.1 Å². The van der Waals surface area contributed by atoms with Crippen LogP contribution in [0.1, 0.15) is 12.5 Å². The summed E-state index contributed by atoms with van der Waals surface area (Å²) in [5, 5.41) is 19.8. The van der Waals surface area contributed by atoms with E-state index in [0.717, 1.165) is 18.2 Å². The molecule has 0 fully saturated rings. The summed E-state index contributed by atoms with van der Waals surface area (Å²) in [7, 11) is -4.39. The molecule has 0 aliphatic carbocycles. The number of rotatable bonds is 8. The van der Waals surface area contributed by atoms with Gasteiger partial charge in [0.25, 0.3) is 11.6 Å². The zero-order chi connectivity index (χ0) is 21.6. The molecule has 0 saturated heterocycles. The van der Waals surface area contributed by atoms with Crippen molar-refractivity contribution in [1.29, 1.82) is 5.26 Å². The van der Waals surface area contributed by atoms with E-state index in [9.17, 15) is 23.3 Å². The van der Waals surface area contributed by atoms with E-state index in [2.05, 4.69) is 0 Å². The fourth-order valence-corrected chi connectivity index (χ4v) is 3.18. The average Bonchev–Trinajstić information content (AvgIpc) is 2.67. The van der Waals surface area contributed by atoms with E-state index in [1.165, 1.54) is 30.3 Å². The lowest BCUT2D eigenvalue weighted by atomic mass is 10.1. The first-order chi connectivity index (χ1) is 13.7.